The molecule has 0 bridgehead atoms. The summed E-state index contributed by atoms with van der Waals surface area (Å²) >= 11 is 1.18. The van der Waals surface area contributed by atoms with E-state index in [-0.39, 0.29) is 22.2 Å². The molecule has 0 unspecified atom stereocenters. The largest absolute Gasteiger partial charge is 0.335 e. The van der Waals surface area contributed by atoms with E-state index in [1.54, 1.807) is 19.2 Å². The first-order valence-corrected chi connectivity index (χ1v) is 9.05. The van der Waals surface area contributed by atoms with E-state index in [4.69, 9.17) is 0 Å². The van der Waals surface area contributed by atoms with Gasteiger partial charge in [-0.15, -0.1) is 0 Å². The maximum Gasteiger partial charge on any atom is 0.189 e. The zero-order chi connectivity index (χ0) is 19.6. The average molecular weight is 389 g/mol. The van der Waals surface area contributed by atoms with Crippen molar-refractivity contribution in [3.63, 3.8) is 0 Å². The number of nitrogens with one attached hydrogen (secondary N) is 1. The van der Waals surface area contributed by atoms with Crippen LogP contribution in [0.3, 0.4) is 0 Å². The molecular formula is C19H14F3N3OS. The minimum atomic E-state index is -0.834. The molecule has 0 amide bonds. The maximum atomic E-state index is 14.0. The first-order chi connectivity index (χ1) is 12.9. The molecule has 8 heteroatoms. The summed E-state index contributed by atoms with van der Waals surface area (Å²) in [7, 11) is 0. The lowest BCUT2D eigenvalue weighted by Gasteiger charge is -2.15. The molecule has 2 aromatic carbocycles. The highest BCUT2D eigenvalue weighted by Crippen LogP contribution is 2.32. The third-order valence-electron chi connectivity index (χ3n) is 3.89. The van der Waals surface area contributed by atoms with Crippen molar-refractivity contribution >= 4 is 29.6 Å². The molecule has 3 aromatic rings. The van der Waals surface area contributed by atoms with Gasteiger partial charge in [0.2, 0.25) is 0 Å². The van der Waals surface area contributed by atoms with Gasteiger partial charge in [-0.3, -0.25) is 4.79 Å². The number of carbonyl (C=O) groups excluding carboxylic acids is 1. The number of benzene rings is 2. The lowest BCUT2D eigenvalue weighted by molar-refractivity contribution is 0.112. The van der Waals surface area contributed by atoms with Crippen LogP contribution in [0.4, 0.5) is 24.7 Å². The topological polar surface area (TPSA) is 54.9 Å². The van der Waals surface area contributed by atoms with Crippen LogP contribution in [0, 0.1) is 24.4 Å². The normalized spacial score (nSPS) is 10.7. The van der Waals surface area contributed by atoms with Crippen LogP contribution < -0.4 is 5.32 Å². The number of aromatic nitrogens is 2. The first-order valence-electron chi connectivity index (χ1n) is 7.83. The number of halogens is 3. The van der Waals surface area contributed by atoms with Crippen molar-refractivity contribution in [1.82, 2.24) is 9.97 Å². The number of carbonyl (C=O) groups is 1. The fourth-order valence-corrected chi connectivity index (χ4v) is 2.90. The zero-order valence-electron chi connectivity index (χ0n) is 14.4. The van der Waals surface area contributed by atoms with Crippen molar-refractivity contribution in [3.05, 3.63) is 65.0 Å². The van der Waals surface area contributed by atoms with Crippen molar-refractivity contribution in [1.29, 1.82) is 0 Å². The van der Waals surface area contributed by atoms with Crippen LogP contribution in [0.5, 0.6) is 0 Å². The number of rotatable bonds is 5. The number of anilines is 2. The predicted octanol–water partition coefficient (Wildman–Crippen LogP) is 5.15. The fourth-order valence-electron chi connectivity index (χ4n) is 2.54. The summed E-state index contributed by atoms with van der Waals surface area (Å²) < 4.78 is 41.8. The van der Waals surface area contributed by atoms with E-state index in [2.05, 4.69) is 15.3 Å². The molecule has 0 aliphatic heterocycles. The second-order valence-corrected chi connectivity index (χ2v) is 6.39. The number of para-hydroxylation sites is 1. The summed E-state index contributed by atoms with van der Waals surface area (Å²) in [5.41, 5.74) is 0.804. The van der Waals surface area contributed by atoms with E-state index in [1.807, 2.05) is 0 Å². The van der Waals surface area contributed by atoms with Crippen LogP contribution in [-0.4, -0.2) is 22.5 Å². The summed E-state index contributed by atoms with van der Waals surface area (Å²) in [5.74, 6) is -2.22. The first kappa shape index (κ1) is 18.9. The van der Waals surface area contributed by atoms with Gasteiger partial charge in [0.15, 0.2) is 11.4 Å². The second kappa shape index (κ2) is 7.79. The Bertz CT molecular complexity index is 1010. The Balaban J connectivity index is 2.23. The summed E-state index contributed by atoms with van der Waals surface area (Å²) in [5, 5.41) is 2.80. The Labute approximate surface area is 157 Å². The third kappa shape index (κ3) is 3.80. The third-order valence-corrected chi connectivity index (χ3v) is 4.43. The standard InChI is InChI=1S/C19H14F3N3OS/c1-10-6-7-11(20)8-12(10)16-13(9-26)18(25-19(24-16)27-2)23-17-14(21)4-3-5-15(17)22/h3-9H,1-2H3,(H,23,24,25). The molecule has 1 aromatic heterocycles. The lowest BCUT2D eigenvalue weighted by atomic mass is 10.0. The van der Waals surface area contributed by atoms with E-state index in [0.717, 1.165) is 12.1 Å². The van der Waals surface area contributed by atoms with Crippen molar-refractivity contribution in [2.24, 2.45) is 0 Å². The quantitative estimate of drug-likeness (QED) is 0.372. The molecule has 0 aliphatic carbocycles. The van der Waals surface area contributed by atoms with E-state index in [1.165, 1.54) is 30.0 Å². The monoisotopic (exact) mass is 389 g/mol. The Morgan fingerprint density at radius 2 is 1.78 bits per heavy atom. The number of aryl methyl sites for hydroxylation is 1. The Hall–Kier alpha value is -2.87. The highest BCUT2D eigenvalue weighted by Gasteiger charge is 2.19. The highest BCUT2D eigenvalue weighted by molar-refractivity contribution is 7.98. The van der Waals surface area contributed by atoms with Gasteiger partial charge in [-0.05, 0) is 43.0 Å². The van der Waals surface area contributed by atoms with Crippen molar-refractivity contribution < 1.29 is 18.0 Å². The summed E-state index contributed by atoms with van der Waals surface area (Å²) in [6, 6.07) is 7.50. The van der Waals surface area contributed by atoms with Crippen molar-refractivity contribution in [2.75, 3.05) is 11.6 Å². The molecule has 4 nitrogen and oxygen atoms in total. The zero-order valence-corrected chi connectivity index (χ0v) is 15.2. The van der Waals surface area contributed by atoms with Gasteiger partial charge in [-0.25, -0.2) is 23.1 Å². The second-order valence-electron chi connectivity index (χ2n) is 5.62. The molecule has 0 fully saturated rings. The molecule has 1 N–H and O–H groups in total. The van der Waals surface area contributed by atoms with Crippen LogP contribution in [0.15, 0.2) is 41.6 Å². The number of thioether (sulfide) groups is 1. The Morgan fingerprint density at radius 3 is 2.41 bits per heavy atom. The van der Waals surface area contributed by atoms with Crippen molar-refractivity contribution in [3.8, 4) is 11.3 Å². The summed E-state index contributed by atoms with van der Waals surface area (Å²) in [4.78, 5) is 20.2. The predicted molar refractivity (Wildman–Crippen MR) is 99.0 cm³/mol. The van der Waals surface area contributed by atoms with Gasteiger partial charge in [0.25, 0.3) is 0 Å². The number of aldehydes is 1. The molecule has 27 heavy (non-hydrogen) atoms. The Morgan fingerprint density at radius 1 is 1.07 bits per heavy atom. The summed E-state index contributed by atoms with van der Waals surface area (Å²) in [6.07, 6.45) is 2.19. The number of nitrogens with zero attached hydrogens (tertiary/aromatic N) is 2. The van der Waals surface area contributed by atoms with Crippen LogP contribution >= 0.6 is 11.8 Å². The van der Waals surface area contributed by atoms with Crippen LogP contribution in [0.1, 0.15) is 15.9 Å². The molecular weight excluding hydrogens is 375 g/mol. The van der Waals surface area contributed by atoms with E-state index in [0.29, 0.717) is 17.4 Å². The SMILES string of the molecule is CSc1nc(Nc2c(F)cccc2F)c(C=O)c(-c2cc(F)ccc2C)n1. The number of hydrogen-bond acceptors (Lipinski definition) is 5. The van der Waals surface area contributed by atoms with Crippen LogP contribution in [-0.2, 0) is 0 Å². The van der Waals surface area contributed by atoms with Crippen molar-refractivity contribution in [2.45, 2.75) is 12.1 Å². The lowest BCUT2D eigenvalue weighted by Crippen LogP contribution is -2.07. The molecule has 3 rings (SSSR count). The van der Waals surface area contributed by atoms with Gasteiger partial charge in [-0.1, -0.05) is 23.9 Å². The molecule has 0 spiro atoms. The molecule has 0 radical (unpaired) electrons. The van der Waals surface area contributed by atoms with E-state index < -0.39 is 23.1 Å². The molecule has 0 atom stereocenters. The fraction of sp³-hybridized carbons (Fsp3) is 0.105. The van der Waals surface area contributed by atoms with Gasteiger partial charge in [0.05, 0.1) is 11.3 Å². The smallest absolute Gasteiger partial charge is 0.189 e. The van der Waals surface area contributed by atoms with E-state index >= 15 is 0 Å². The van der Waals surface area contributed by atoms with Gasteiger partial charge in [0.1, 0.15) is 29.0 Å². The van der Waals surface area contributed by atoms with Gasteiger partial charge in [0, 0.05) is 5.56 Å². The van der Waals surface area contributed by atoms with E-state index in [9.17, 15) is 18.0 Å². The molecule has 0 saturated carbocycles. The number of hydrogen-bond donors (Lipinski definition) is 1. The van der Waals surface area contributed by atoms with Gasteiger partial charge < -0.3 is 5.32 Å². The van der Waals surface area contributed by atoms with Gasteiger partial charge >= 0.3 is 0 Å². The molecule has 1 heterocycles. The molecule has 138 valence electrons. The summed E-state index contributed by atoms with van der Waals surface area (Å²) in [6.45, 7) is 1.74. The van der Waals surface area contributed by atoms with Crippen LogP contribution in [0.25, 0.3) is 11.3 Å². The van der Waals surface area contributed by atoms with Crippen LogP contribution in [0.2, 0.25) is 0 Å². The minimum absolute atomic E-state index is 0.0239. The Kier molecular flexibility index (Phi) is 5.46. The molecule has 0 aliphatic rings. The minimum Gasteiger partial charge on any atom is -0.335 e. The highest BCUT2D eigenvalue weighted by atomic mass is 32.2. The van der Waals surface area contributed by atoms with Gasteiger partial charge in [-0.2, -0.15) is 0 Å². The molecule has 0 saturated heterocycles. The average Bonchev–Trinajstić information content (AvgIpc) is 2.66. The maximum absolute atomic E-state index is 14.0.